The molecular weight excluding hydrogens is 204 g/mol. The Bertz CT molecular complexity index is 467. The van der Waals surface area contributed by atoms with Crippen molar-refractivity contribution in [2.24, 2.45) is 0 Å². The molecule has 5 heteroatoms. The third-order valence-electron chi connectivity index (χ3n) is 2.24. The lowest BCUT2D eigenvalue weighted by Gasteiger charge is -1.97. The van der Waals surface area contributed by atoms with Crippen molar-refractivity contribution in [1.29, 1.82) is 0 Å². The van der Waals surface area contributed by atoms with E-state index in [9.17, 15) is 0 Å². The molecule has 0 saturated heterocycles. The van der Waals surface area contributed by atoms with Gasteiger partial charge in [0.15, 0.2) is 5.82 Å². The topological polar surface area (TPSA) is 63.8 Å². The molecule has 0 aliphatic rings. The predicted molar refractivity (Wildman–Crippen MR) is 59.6 cm³/mol. The number of hydrogen-bond acceptors (Lipinski definition) is 5. The first-order valence-electron chi connectivity index (χ1n) is 5.26. The average molecular weight is 218 g/mol. The van der Waals surface area contributed by atoms with Crippen molar-refractivity contribution >= 4 is 0 Å². The summed E-state index contributed by atoms with van der Waals surface area (Å²) in [5.74, 6) is 1.19. The van der Waals surface area contributed by atoms with Crippen molar-refractivity contribution in [1.82, 2.24) is 20.4 Å². The van der Waals surface area contributed by atoms with E-state index in [4.69, 9.17) is 4.52 Å². The monoisotopic (exact) mass is 218 g/mol. The van der Waals surface area contributed by atoms with E-state index in [2.05, 4.69) is 20.4 Å². The van der Waals surface area contributed by atoms with Crippen LogP contribution in [0.3, 0.4) is 0 Å². The highest BCUT2D eigenvalue weighted by atomic mass is 16.5. The Balaban J connectivity index is 2.22. The van der Waals surface area contributed by atoms with Crippen LogP contribution < -0.4 is 5.32 Å². The maximum absolute atomic E-state index is 5.19. The van der Waals surface area contributed by atoms with E-state index in [1.165, 1.54) is 0 Å². The van der Waals surface area contributed by atoms with Crippen LogP contribution in [-0.2, 0) is 6.54 Å². The number of nitrogens with one attached hydrogen (secondary N) is 1. The molecule has 2 rings (SSSR count). The first-order valence-corrected chi connectivity index (χ1v) is 5.26. The van der Waals surface area contributed by atoms with Crippen molar-refractivity contribution in [2.75, 3.05) is 6.54 Å². The van der Waals surface area contributed by atoms with Crippen LogP contribution in [0.15, 0.2) is 22.9 Å². The molecule has 0 atom stereocenters. The van der Waals surface area contributed by atoms with Gasteiger partial charge in [0.25, 0.3) is 5.89 Å². The Kier molecular flexibility index (Phi) is 3.26. The molecule has 2 heterocycles. The van der Waals surface area contributed by atoms with Gasteiger partial charge in [-0.15, -0.1) is 0 Å². The van der Waals surface area contributed by atoms with E-state index in [1.807, 2.05) is 26.0 Å². The summed E-state index contributed by atoms with van der Waals surface area (Å²) in [6.45, 7) is 5.46. The van der Waals surface area contributed by atoms with Crippen molar-refractivity contribution < 1.29 is 4.52 Å². The molecule has 5 nitrogen and oxygen atoms in total. The van der Waals surface area contributed by atoms with Gasteiger partial charge >= 0.3 is 0 Å². The lowest BCUT2D eigenvalue weighted by molar-refractivity contribution is 0.419. The Morgan fingerprint density at radius 1 is 1.44 bits per heavy atom. The van der Waals surface area contributed by atoms with Crippen LogP contribution in [0, 0.1) is 6.92 Å². The second-order valence-corrected chi connectivity index (χ2v) is 3.43. The molecule has 0 aliphatic carbocycles. The summed E-state index contributed by atoms with van der Waals surface area (Å²) in [4.78, 5) is 8.48. The first-order chi connectivity index (χ1) is 7.81. The number of aryl methyl sites for hydroxylation is 1. The van der Waals surface area contributed by atoms with E-state index in [0.29, 0.717) is 18.3 Å². The van der Waals surface area contributed by atoms with Gasteiger partial charge in [-0.05, 0) is 25.6 Å². The predicted octanol–water partition coefficient (Wildman–Crippen LogP) is 1.55. The van der Waals surface area contributed by atoms with E-state index < -0.39 is 0 Å². The molecule has 0 aliphatic heterocycles. The van der Waals surface area contributed by atoms with Gasteiger partial charge in [-0.2, -0.15) is 4.98 Å². The van der Waals surface area contributed by atoms with Crippen LogP contribution >= 0.6 is 0 Å². The van der Waals surface area contributed by atoms with Crippen LogP contribution in [0.1, 0.15) is 18.4 Å². The SMILES string of the molecule is CCNCc1noc(-c2cccnc2C)n1. The van der Waals surface area contributed by atoms with Gasteiger partial charge in [0, 0.05) is 11.9 Å². The number of pyridine rings is 1. The van der Waals surface area contributed by atoms with Crippen molar-refractivity contribution in [3.8, 4) is 11.5 Å². The molecule has 2 aromatic rings. The fourth-order valence-electron chi connectivity index (χ4n) is 1.38. The van der Waals surface area contributed by atoms with Gasteiger partial charge in [0.05, 0.1) is 12.1 Å². The molecular formula is C11H14N4O. The molecule has 0 saturated carbocycles. The molecule has 84 valence electrons. The Morgan fingerprint density at radius 2 is 2.31 bits per heavy atom. The smallest absolute Gasteiger partial charge is 0.259 e. The lowest BCUT2D eigenvalue weighted by Crippen LogP contribution is -2.12. The molecule has 0 radical (unpaired) electrons. The second kappa shape index (κ2) is 4.85. The summed E-state index contributed by atoms with van der Waals surface area (Å²) in [5.41, 5.74) is 1.78. The van der Waals surface area contributed by atoms with E-state index in [-0.39, 0.29) is 0 Å². The third kappa shape index (κ3) is 2.25. The van der Waals surface area contributed by atoms with Crippen LogP contribution in [0.5, 0.6) is 0 Å². The lowest BCUT2D eigenvalue weighted by atomic mass is 10.2. The highest BCUT2D eigenvalue weighted by molar-refractivity contribution is 5.55. The van der Waals surface area contributed by atoms with Gasteiger partial charge < -0.3 is 9.84 Å². The van der Waals surface area contributed by atoms with Crippen LogP contribution in [0.25, 0.3) is 11.5 Å². The summed E-state index contributed by atoms with van der Waals surface area (Å²) in [6.07, 6.45) is 1.74. The minimum absolute atomic E-state index is 0.526. The number of aromatic nitrogens is 3. The van der Waals surface area contributed by atoms with Crippen LogP contribution in [-0.4, -0.2) is 21.7 Å². The Labute approximate surface area is 93.9 Å². The molecule has 0 fully saturated rings. The van der Waals surface area contributed by atoms with Crippen LogP contribution in [0.2, 0.25) is 0 Å². The number of nitrogens with zero attached hydrogens (tertiary/aromatic N) is 3. The van der Waals surface area contributed by atoms with E-state index in [0.717, 1.165) is 17.8 Å². The quantitative estimate of drug-likeness (QED) is 0.843. The molecule has 0 spiro atoms. The zero-order valence-corrected chi connectivity index (χ0v) is 9.40. The minimum Gasteiger partial charge on any atom is -0.334 e. The summed E-state index contributed by atoms with van der Waals surface area (Å²) < 4.78 is 5.19. The summed E-state index contributed by atoms with van der Waals surface area (Å²) in [7, 11) is 0. The van der Waals surface area contributed by atoms with Crippen molar-refractivity contribution in [2.45, 2.75) is 20.4 Å². The Hall–Kier alpha value is -1.75. The highest BCUT2D eigenvalue weighted by Crippen LogP contribution is 2.18. The second-order valence-electron chi connectivity index (χ2n) is 3.43. The largest absolute Gasteiger partial charge is 0.334 e. The van der Waals surface area contributed by atoms with E-state index in [1.54, 1.807) is 6.20 Å². The van der Waals surface area contributed by atoms with Crippen LogP contribution in [0.4, 0.5) is 0 Å². The maximum Gasteiger partial charge on any atom is 0.259 e. The Morgan fingerprint density at radius 3 is 3.06 bits per heavy atom. The number of hydrogen-bond donors (Lipinski definition) is 1. The summed E-state index contributed by atoms with van der Waals surface area (Å²) in [5, 5.41) is 7.04. The summed E-state index contributed by atoms with van der Waals surface area (Å²) >= 11 is 0. The first kappa shape index (κ1) is 10.8. The van der Waals surface area contributed by atoms with Gasteiger partial charge in [-0.1, -0.05) is 12.1 Å². The van der Waals surface area contributed by atoms with Gasteiger partial charge in [-0.25, -0.2) is 0 Å². The summed E-state index contributed by atoms with van der Waals surface area (Å²) in [6, 6.07) is 3.78. The minimum atomic E-state index is 0.526. The zero-order valence-electron chi connectivity index (χ0n) is 9.40. The third-order valence-corrected chi connectivity index (χ3v) is 2.24. The molecule has 0 unspecified atom stereocenters. The standard InChI is InChI=1S/C11H14N4O/c1-3-12-7-10-14-11(16-15-10)9-5-4-6-13-8(9)2/h4-6,12H,3,7H2,1-2H3. The van der Waals surface area contributed by atoms with Crippen molar-refractivity contribution in [3.05, 3.63) is 29.8 Å². The fraction of sp³-hybridized carbons (Fsp3) is 0.364. The van der Waals surface area contributed by atoms with Gasteiger partial charge in [0.2, 0.25) is 0 Å². The molecule has 0 bridgehead atoms. The number of rotatable bonds is 4. The van der Waals surface area contributed by atoms with Crippen molar-refractivity contribution in [3.63, 3.8) is 0 Å². The zero-order chi connectivity index (χ0) is 11.4. The average Bonchev–Trinajstić information content (AvgIpc) is 2.75. The normalized spacial score (nSPS) is 10.6. The molecule has 2 aromatic heterocycles. The highest BCUT2D eigenvalue weighted by Gasteiger charge is 2.10. The van der Waals surface area contributed by atoms with E-state index >= 15 is 0 Å². The molecule has 0 amide bonds. The molecule has 0 aromatic carbocycles. The molecule has 1 N–H and O–H groups in total. The fourth-order valence-corrected chi connectivity index (χ4v) is 1.38. The molecule has 16 heavy (non-hydrogen) atoms. The van der Waals surface area contributed by atoms with Gasteiger partial charge in [0.1, 0.15) is 0 Å². The maximum atomic E-state index is 5.19. The van der Waals surface area contributed by atoms with Gasteiger partial charge in [-0.3, -0.25) is 4.98 Å².